The number of anilines is 1. The molecule has 0 aliphatic carbocycles. The molecule has 1 aliphatic rings. The third-order valence-corrected chi connectivity index (χ3v) is 4.16. The number of carbonyl (C=O) groups is 2. The molecule has 6 heteroatoms. The third kappa shape index (κ3) is 3.31. The lowest BCUT2D eigenvalue weighted by atomic mass is 10.1. The van der Waals surface area contributed by atoms with Crippen molar-refractivity contribution in [2.45, 2.75) is 19.9 Å². The Morgan fingerprint density at radius 1 is 1.17 bits per heavy atom. The monoisotopic (exact) mass is 341 g/mol. The highest BCUT2D eigenvalue weighted by Gasteiger charge is 2.23. The van der Waals surface area contributed by atoms with Gasteiger partial charge < -0.3 is 10.6 Å². The van der Waals surface area contributed by atoms with E-state index in [0.29, 0.717) is 22.0 Å². The van der Waals surface area contributed by atoms with Crippen LogP contribution < -0.4 is 10.6 Å². The van der Waals surface area contributed by atoms with Gasteiger partial charge in [0.15, 0.2) is 0 Å². The molecular formula is C18H16ClN3O2. The Morgan fingerprint density at radius 2 is 1.83 bits per heavy atom. The molecule has 1 atom stereocenters. The van der Waals surface area contributed by atoms with E-state index in [4.69, 9.17) is 11.6 Å². The maximum absolute atomic E-state index is 12.4. The van der Waals surface area contributed by atoms with Crippen LogP contribution in [-0.4, -0.2) is 24.1 Å². The first kappa shape index (κ1) is 16.2. The summed E-state index contributed by atoms with van der Waals surface area (Å²) in [4.78, 5) is 29.0. The number of hydrogen-bond donors (Lipinski definition) is 2. The first-order valence-corrected chi connectivity index (χ1v) is 7.84. The van der Waals surface area contributed by atoms with Gasteiger partial charge in [-0.1, -0.05) is 11.6 Å². The zero-order valence-electron chi connectivity index (χ0n) is 13.3. The number of nitrogens with one attached hydrogen (secondary N) is 2. The Morgan fingerprint density at radius 3 is 2.54 bits per heavy atom. The molecule has 0 bridgehead atoms. The summed E-state index contributed by atoms with van der Waals surface area (Å²) >= 11 is 5.81. The Balaban J connectivity index is 1.81. The highest BCUT2D eigenvalue weighted by molar-refractivity contribution is 6.30. The Hall–Kier alpha value is -2.66. The molecule has 0 saturated heterocycles. The molecule has 0 radical (unpaired) electrons. The lowest BCUT2D eigenvalue weighted by Crippen LogP contribution is -2.44. The Labute approximate surface area is 144 Å². The zero-order valence-corrected chi connectivity index (χ0v) is 14.0. The van der Waals surface area contributed by atoms with Crippen LogP contribution in [0, 0.1) is 13.8 Å². The zero-order chi connectivity index (χ0) is 17.3. The number of fused-ring (bicyclic) bond motifs is 1. The molecule has 0 aromatic heterocycles. The third-order valence-electron chi connectivity index (χ3n) is 3.91. The lowest BCUT2D eigenvalue weighted by Gasteiger charge is -2.13. The second-order valence-electron chi connectivity index (χ2n) is 5.68. The molecule has 0 spiro atoms. The normalized spacial score (nSPS) is 16.1. The number of halogens is 1. The average Bonchev–Trinajstić information content (AvgIpc) is 2.68. The van der Waals surface area contributed by atoms with Crippen LogP contribution in [0.15, 0.2) is 41.4 Å². The van der Waals surface area contributed by atoms with Gasteiger partial charge in [0.05, 0.1) is 11.4 Å². The predicted octanol–water partition coefficient (Wildman–Crippen LogP) is 3.41. The lowest BCUT2D eigenvalue weighted by molar-refractivity contribution is -0.116. The second kappa shape index (κ2) is 6.45. The maximum Gasteiger partial charge on any atom is 0.252 e. The van der Waals surface area contributed by atoms with Crippen molar-refractivity contribution < 1.29 is 9.59 Å². The van der Waals surface area contributed by atoms with Crippen molar-refractivity contribution in [1.82, 2.24) is 5.32 Å². The van der Waals surface area contributed by atoms with Crippen LogP contribution in [-0.2, 0) is 4.79 Å². The topological polar surface area (TPSA) is 70.6 Å². The van der Waals surface area contributed by atoms with Crippen molar-refractivity contribution in [3.63, 3.8) is 0 Å². The summed E-state index contributed by atoms with van der Waals surface area (Å²) in [5.74, 6) is -0.695. The van der Waals surface area contributed by atoms with Gasteiger partial charge in [-0.2, -0.15) is 0 Å². The molecule has 24 heavy (non-hydrogen) atoms. The number of aliphatic imine (C=N–C) groups is 1. The molecule has 0 saturated carbocycles. The highest BCUT2D eigenvalue weighted by Crippen LogP contribution is 2.29. The SMILES string of the molecule is Cc1cc2c(cc1C)NC(=O)[C@H](NC(=O)c1ccc(Cl)cc1)C=N2. The molecule has 2 amide bonds. The van der Waals surface area contributed by atoms with Gasteiger partial charge in [-0.15, -0.1) is 0 Å². The Kier molecular flexibility index (Phi) is 4.36. The first-order valence-electron chi connectivity index (χ1n) is 7.47. The van der Waals surface area contributed by atoms with Crippen LogP contribution in [0.1, 0.15) is 21.5 Å². The quantitative estimate of drug-likeness (QED) is 0.878. The van der Waals surface area contributed by atoms with E-state index in [1.807, 2.05) is 26.0 Å². The van der Waals surface area contributed by atoms with E-state index in [0.717, 1.165) is 11.1 Å². The maximum atomic E-state index is 12.4. The Bertz CT molecular complexity index is 844. The van der Waals surface area contributed by atoms with E-state index >= 15 is 0 Å². The molecule has 5 nitrogen and oxygen atoms in total. The molecule has 1 aliphatic heterocycles. The highest BCUT2D eigenvalue weighted by atomic mass is 35.5. The van der Waals surface area contributed by atoms with Gasteiger partial charge in [0.25, 0.3) is 11.8 Å². The minimum absolute atomic E-state index is 0.330. The van der Waals surface area contributed by atoms with Gasteiger partial charge in [-0.3, -0.25) is 14.6 Å². The fourth-order valence-corrected chi connectivity index (χ4v) is 2.50. The number of nitrogens with zero attached hydrogens (tertiary/aromatic N) is 1. The average molecular weight is 342 g/mol. The van der Waals surface area contributed by atoms with E-state index < -0.39 is 6.04 Å². The molecule has 1 heterocycles. The van der Waals surface area contributed by atoms with Gasteiger partial charge in [0, 0.05) is 16.8 Å². The van der Waals surface area contributed by atoms with Crippen molar-refractivity contribution in [2.75, 3.05) is 5.32 Å². The van der Waals surface area contributed by atoms with Crippen LogP contribution in [0.4, 0.5) is 11.4 Å². The summed E-state index contributed by atoms with van der Waals surface area (Å²) in [6, 6.07) is 9.39. The van der Waals surface area contributed by atoms with Gasteiger partial charge in [-0.25, -0.2) is 0 Å². The summed E-state index contributed by atoms with van der Waals surface area (Å²) in [7, 11) is 0. The minimum atomic E-state index is -0.846. The number of aryl methyl sites for hydroxylation is 2. The van der Waals surface area contributed by atoms with Crippen molar-refractivity contribution in [2.24, 2.45) is 4.99 Å². The van der Waals surface area contributed by atoms with Gasteiger partial charge in [0.1, 0.15) is 6.04 Å². The van der Waals surface area contributed by atoms with Crippen LogP contribution >= 0.6 is 11.6 Å². The molecule has 122 valence electrons. The first-order chi connectivity index (χ1) is 11.4. The summed E-state index contributed by atoms with van der Waals surface area (Å²) in [5.41, 5.74) is 3.89. The number of benzene rings is 2. The molecule has 2 N–H and O–H groups in total. The summed E-state index contributed by atoms with van der Waals surface area (Å²) < 4.78 is 0. The van der Waals surface area contributed by atoms with Gasteiger partial charge in [0.2, 0.25) is 0 Å². The van der Waals surface area contributed by atoms with E-state index in [9.17, 15) is 9.59 Å². The molecule has 0 fully saturated rings. The largest absolute Gasteiger partial charge is 0.336 e. The van der Waals surface area contributed by atoms with E-state index in [-0.39, 0.29) is 11.8 Å². The number of rotatable bonds is 2. The van der Waals surface area contributed by atoms with E-state index in [1.54, 1.807) is 24.3 Å². The molecular weight excluding hydrogens is 326 g/mol. The molecule has 2 aromatic rings. The molecule has 3 rings (SSSR count). The second-order valence-corrected chi connectivity index (χ2v) is 6.12. The van der Waals surface area contributed by atoms with Gasteiger partial charge in [-0.05, 0) is 61.4 Å². The molecule has 2 aromatic carbocycles. The summed E-state index contributed by atoms with van der Waals surface area (Å²) in [5, 5.41) is 6.01. The van der Waals surface area contributed by atoms with E-state index in [1.165, 1.54) is 6.21 Å². The smallest absolute Gasteiger partial charge is 0.252 e. The van der Waals surface area contributed by atoms with Crippen molar-refractivity contribution in [1.29, 1.82) is 0 Å². The number of amides is 2. The van der Waals surface area contributed by atoms with Gasteiger partial charge >= 0.3 is 0 Å². The van der Waals surface area contributed by atoms with Crippen LogP contribution in [0.25, 0.3) is 0 Å². The van der Waals surface area contributed by atoms with Crippen molar-refractivity contribution >= 4 is 41.0 Å². The molecule has 0 unspecified atom stereocenters. The van der Waals surface area contributed by atoms with Crippen LogP contribution in [0.5, 0.6) is 0 Å². The van der Waals surface area contributed by atoms with Crippen molar-refractivity contribution in [3.05, 3.63) is 58.1 Å². The minimum Gasteiger partial charge on any atom is -0.336 e. The summed E-state index contributed by atoms with van der Waals surface area (Å²) in [6.07, 6.45) is 1.45. The number of hydrogen-bond acceptors (Lipinski definition) is 3. The predicted molar refractivity (Wildman–Crippen MR) is 95.4 cm³/mol. The summed E-state index contributed by atoms with van der Waals surface area (Å²) in [6.45, 7) is 3.95. The number of carbonyl (C=O) groups excluding carboxylic acids is 2. The fraction of sp³-hybridized carbons (Fsp3) is 0.167. The van der Waals surface area contributed by atoms with Crippen molar-refractivity contribution in [3.8, 4) is 0 Å². The van der Waals surface area contributed by atoms with Crippen LogP contribution in [0.2, 0.25) is 5.02 Å². The standard InChI is InChI=1S/C18H16ClN3O2/c1-10-7-14-15(8-11(10)2)21-18(24)16(9-20-14)22-17(23)12-3-5-13(19)6-4-12/h3-9,16H,1-2H3,(H,21,24)(H,22,23)/t16-/m1/s1. The fourth-order valence-electron chi connectivity index (χ4n) is 2.37. The van der Waals surface area contributed by atoms with Crippen LogP contribution in [0.3, 0.4) is 0 Å². The van der Waals surface area contributed by atoms with E-state index in [2.05, 4.69) is 15.6 Å².